The minimum atomic E-state index is 0.558. The first-order valence-electron chi connectivity index (χ1n) is 6.67. The maximum absolute atomic E-state index is 5.97. The number of nitrogen functional groups attached to an aromatic ring is 1. The van der Waals surface area contributed by atoms with Crippen LogP contribution in [0.15, 0.2) is 30.5 Å². The zero-order valence-electron chi connectivity index (χ0n) is 11.9. The van der Waals surface area contributed by atoms with Crippen LogP contribution in [0.2, 0.25) is 0 Å². The third kappa shape index (κ3) is 3.15. The van der Waals surface area contributed by atoms with E-state index in [4.69, 9.17) is 5.73 Å². The molecule has 4 nitrogen and oxygen atoms in total. The molecule has 3 N–H and O–H groups in total. The summed E-state index contributed by atoms with van der Waals surface area (Å²) in [5.41, 5.74) is 8.72. The molecule has 0 aliphatic heterocycles. The number of fused-ring (bicyclic) bond motifs is 1. The molecule has 0 saturated heterocycles. The Labute approximate surface area is 114 Å². The van der Waals surface area contributed by atoms with Crippen LogP contribution in [-0.2, 0) is 0 Å². The molecule has 1 aromatic carbocycles. The lowest BCUT2D eigenvalue weighted by molar-refractivity contribution is 0.284. The molecule has 0 spiro atoms. The van der Waals surface area contributed by atoms with Crippen molar-refractivity contribution in [2.24, 2.45) is 0 Å². The van der Waals surface area contributed by atoms with Gasteiger partial charge in [0.15, 0.2) is 0 Å². The summed E-state index contributed by atoms with van der Waals surface area (Å²) in [6, 6.07) is 8.40. The molecule has 0 bridgehead atoms. The van der Waals surface area contributed by atoms with Gasteiger partial charge in [0, 0.05) is 36.4 Å². The second kappa shape index (κ2) is 5.89. The van der Waals surface area contributed by atoms with E-state index in [1.165, 1.54) is 0 Å². The van der Waals surface area contributed by atoms with E-state index < -0.39 is 0 Å². The Bertz CT molecular complexity index is 551. The molecule has 19 heavy (non-hydrogen) atoms. The predicted molar refractivity (Wildman–Crippen MR) is 82.4 cm³/mol. The molecule has 0 aliphatic carbocycles. The summed E-state index contributed by atoms with van der Waals surface area (Å²) >= 11 is 0. The largest absolute Gasteiger partial charge is 0.398 e. The normalized spacial score (nSPS) is 11.4. The first kappa shape index (κ1) is 13.6. The van der Waals surface area contributed by atoms with Crippen LogP contribution in [0.4, 0.5) is 11.4 Å². The Kier molecular flexibility index (Phi) is 4.22. The highest BCUT2D eigenvalue weighted by molar-refractivity contribution is 5.98. The highest BCUT2D eigenvalue weighted by Crippen LogP contribution is 2.25. The van der Waals surface area contributed by atoms with Crippen LogP contribution in [0.5, 0.6) is 0 Å². The number of hydrogen-bond donors (Lipinski definition) is 2. The Hall–Kier alpha value is -1.81. The molecule has 0 unspecified atom stereocenters. The third-order valence-corrected chi connectivity index (χ3v) is 3.46. The molecule has 1 aromatic heterocycles. The number of pyridine rings is 1. The van der Waals surface area contributed by atoms with E-state index in [0.717, 1.165) is 35.4 Å². The van der Waals surface area contributed by atoms with Crippen LogP contribution < -0.4 is 11.1 Å². The van der Waals surface area contributed by atoms with Crippen molar-refractivity contribution in [3.8, 4) is 0 Å². The first-order valence-corrected chi connectivity index (χ1v) is 6.67. The van der Waals surface area contributed by atoms with Gasteiger partial charge in [-0.1, -0.05) is 0 Å². The molecule has 0 amide bonds. The Morgan fingerprint density at radius 1 is 1.32 bits per heavy atom. The second-order valence-corrected chi connectivity index (χ2v) is 5.10. The predicted octanol–water partition coefficient (Wildman–Crippen LogP) is 2.57. The quantitative estimate of drug-likeness (QED) is 0.809. The summed E-state index contributed by atoms with van der Waals surface area (Å²) in [5, 5.41) is 4.45. The molecule has 0 fully saturated rings. The molecule has 0 atom stereocenters. The van der Waals surface area contributed by atoms with Gasteiger partial charge in [-0.2, -0.15) is 0 Å². The van der Waals surface area contributed by atoms with Crippen molar-refractivity contribution < 1.29 is 0 Å². The van der Waals surface area contributed by atoms with E-state index in [1.807, 2.05) is 24.3 Å². The van der Waals surface area contributed by atoms with E-state index >= 15 is 0 Å². The summed E-state index contributed by atoms with van der Waals surface area (Å²) in [5.74, 6) is 0. The summed E-state index contributed by atoms with van der Waals surface area (Å²) < 4.78 is 0. The van der Waals surface area contributed by atoms with Crippen molar-refractivity contribution in [2.75, 3.05) is 31.2 Å². The van der Waals surface area contributed by atoms with Crippen LogP contribution in [0.25, 0.3) is 10.9 Å². The summed E-state index contributed by atoms with van der Waals surface area (Å²) in [6.07, 6.45) is 1.80. The molecular formula is C15H22N4. The van der Waals surface area contributed by atoms with Gasteiger partial charge in [-0.3, -0.25) is 4.98 Å². The zero-order chi connectivity index (χ0) is 13.8. The highest BCUT2D eigenvalue weighted by Gasteiger charge is 2.06. The van der Waals surface area contributed by atoms with Crippen LogP contribution >= 0.6 is 0 Å². The highest BCUT2D eigenvalue weighted by atomic mass is 15.1. The fourth-order valence-corrected chi connectivity index (χ4v) is 1.96. The van der Waals surface area contributed by atoms with Gasteiger partial charge in [-0.05, 0) is 45.2 Å². The van der Waals surface area contributed by atoms with Crippen molar-refractivity contribution in [3.05, 3.63) is 30.5 Å². The summed E-state index contributed by atoms with van der Waals surface area (Å²) in [4.78, 5) is 6.72. The van der Waals surface area contributed by atoms with E-state index in [2.05, 4.69) is 36.1 Å². The van der Waals surface area contributed by atoms with Crippen molar-refractivity contribution >= 4 is 22.3 Å². The second-order valence-electron chi connectivity index (χ2n) is 5.10. The molecular weight excluding hydrogens is 236 g/mol. The van der Waals surface area contributed by atoms with E-state index in [1.54, 1.807) is 6.20 Å². The Balaban J connectivity index is 2.11. The number of anilines is 2. The Morgan fingerprint density at radius 3 is 2.84 bits per heavy atom. The average molecular weight is 258 g/mol. The number of nitrogens with one attached hydrogen (secondary N) is 1. The summed E-state index contributed by atoms with van der Waals surface area (Å²) in [7, 11) is 2.13. The van der Waals surface area contributed by atoms with Gasteiger partial charge in [0.25, 0.3) is 0 Å². The SMILES string of the molecule is CC(C)N(C)CCNc1ccc(N)c2cccnc12. The molecule has 0 aliphatic rings. The van der Waals surface area contributed by atoms with Crippen LogP contribution in [0.1, 0.15) is 13.8 Å². The molecule has 0 radical (unpaired) electrons. The number of aromatic nitrogens is 1. The number of hydrogen-bond acceptors (Lipinski definition) is 4. The molecule has 2 rings (SSSR count). The van der Waals surface area contributed by atoms with E-state index in [-0.39, 0.29) is 0 Å². The average Bonchev–Trinajstić information content (AvgIpc) is 2.41. The first-order chi connectivity index (χ1) is 9.09. The lowest BCUT2D eigenvalue weighted by Gasteiger charge is -2.21. The molecule has 0 saturated carbocycles. The maximum atomic E-state index is 5.97. The molecule has 2 aromatic rings. The zero-order valence-corrected chi connectivity index (χ0v) is 11.9. The number of likely N-dealkylation sites (N-methyl/N-ethyl adjacent to an activating group) is 1. The minimum absolute atomic E-state index is 0.558. The number of rotatable bonds is 5. The minimum Gasteiger partial charge on any atom is -0.398 e. The van der Waals surface area contributed by atoms with Crippen molar-refractivity contribution in [3.63, 3.8) is 0 Å². The smallest absolute Gasteiger partial charge is 0.0953 e. The van der Waals surface area contributed by atoms with Crippen LogP contribution in [0, 0.1) is 0 Å². The summed E-state index contributed by atoms with van der Waals surface area (Å²) in [6.45, 7) is 6.28. The number of benzene rings is 1. The van der Waals surface area contributed by atoms with Gasteiger partial charge in [-0.15, -0.1) is 0 Å². The van der Waals surface area contributed by atoms with Gasteiger partial charge < -0.3 is 16.0 Å². The van der Waals surface area contributed by atoms with Gasteiger partial charge in [0.1, 0.15) is 0 Å². The van der Waals surface area contributed by atoms with Crippen LogP contribution in [-0.4, -0.2) is 36.1 Å². The fraction of sp³-hybridized carbons (Fsp3) is 0.400. The molecule has 102 valence electrons. The standard InChI is InChI=1S/C15H22N4/c1-11(2)19(3)10-9-17-14-7-6-13(16)12-5-4-8-18-15(12)14/h4-8,11,17H,9-10,16H2,1-3H3. The van der Waals surface area contributed by atoms with Crippen molar-refractivity contribution in [1.82, 2.24) is 9.88 Å². The lowest BCUT2D eigenvalue weighted by atomic mass is 10.1. The van der Waals surface area contributed by atoms with Gasteiger partial charge in [-0.25, -0.2) is 0 Å². The van der Waals surface area contributed by atoms with Gasteiger partial charge in [0.2, 0.25) is 0 Å². The number of nitrogens with zero attached hydrogens (tertiary/aromatic N) is 2. The topological polar surface area (TPSA) is 54.2 Å². The Morgan fingerprint density at radius 2 is 2.11 bits per heavy atom. The van der Waals surface area contributed by atoms with Gasteiger partial charge in [0.05, 0.1) is 11.2 Å². The van der Waals surface area contributed by atoms with Gasteiger partial charge >= 0.3 is 0 Å². The third-order valence-electron chi connectivity index (χ3n) is 3.46. The maximum Gasteiger partial charge on any atom is 0.0953 e. The van der Waals surface area contributed by atoms with E-state index in [9.17, 15) is 0 Å². The van der Waals surface area contributed by atoms with Crippen molar-refractivity contribution in [1.29, 1.82) is 0 Å². The fourth-order valence-electron chi connectivity index (χ4n) is 1.96. The van der Waals surface area contributed by atoms with Crippen molar-refractivity contribution in [2.45, 2.75) is 19.9 Å². The molecule has 1 heterocycles. The number of nitrogens with two attached hydrogens (primary N) is 1. The van der Waals surface area contributed by atoms with Crippen LogP contribution in [0.3, 0.4) is 0 Å². The van der Waals surface area contributed by atoms with E-state index in [0.29, 0.717) is 6.04 Å². The molecule has 4 heteroatoms. The lowest BCUT2D eigenvalue weighted by Crippen LogP contribution is -2.31. The monoisotopic (exact) mass is 258 g/mol.